The average Bonchev–Trinajstić information content (AvgIpc) is 3.12. The first-order valence-corrected chi connectivity index (χ1v) is 10.1. The van der Waals surface area contributed by atoms with Crippen molar-refractivity contribution < 1.29 is 4.74 Å². The van der Waals surface area contributed by atoms with E-state index in [2.05, 4.69) is 52.4 Å². The Morgan fingerprint density at radius 3 is 2.81 bits per heavy atom. The lowest BCUT2D eigenvalue weighted by Crippen LogP contribution is -2.45. The van der Waals surface area contributed by atoms with Crippen LogP contribution in [0.15, 0.2) is 23.3 Å². The maximum atomic E-state index is 5.86. The summed E-state index contributed by atoms with van der Waals surface area (Å²) in [5.41, 5.74) is 1.10. The van der Waals surface area contributed by atoms with Crippen molar-refractivity contribution in [3.05, 3.63) is 23.9 Å². The molecule has 3 rings (SSSR count). The number of anilines is 1. The van der Waals surface area contributed by atoms with Gasteiger partial charge in [-0.25, -0.2) is 9.98 Å². The number of aliphatic imine (C=N–C) groups is 1. The zero-order valence-electron chi connectivity index (χ0n) is 17.0. The Bertz CT molecular complexity index is 621. The normalized spacial score (nSPS) is 24.3. The summed E-state index contributed by atoms with van der Waals surface area (Å²) in [6.07, 6.45) is 4.13. The van der Waals surface area contributed by atoms with E-state index in [9.17, 15) is 0 Å². The summed E-state index contributed by atoms with van der Waals surface area (Å²) >= 11 is 0. The van der Waals surface area contributed by atoms with Gasteiger partial charge in [0.2, 0.25) is 0 Å². The van der Waals surface area contributed by atoms with Crippen molar-refractivity contribution in [1.29, 1.82) is 0 Å². The van der Waals surface area contributed by atoms with Crippen LogP contribution in [0.3, 0.4) is 0 Å². The first kappa shape index (κ1) is 19.9. The molecule has 0 aromatic carbocycles. The molecule has 2 N–H and O–H groups in total. The van der Waals surface area contributed by atoms with Gasteiger partial charge in [0.05, 0.1) is 12.1 Å². The number of nitrogens with one attached hydrogen (secondary N) is 2. The molecule has 0 aliphatic carbocycles. The second-order valence-corrected chi connectivity index (χ2v) is 7.76. The Balaban J connectivity index is 1.59. The van der Waals surface area contributed by atoms with Crippen molar-refractivity contribution >= 4 is 11.8 Å². The molecule has 2 saturated heterocycles. The van der Waals surface area contributed by atoms with Crippen molar-refractivity contribution in [3.8, 4) is 0 Å². The number of pyridine rings is 1. The van der Waals surface area contributed by atoms with E-state index in [1.54, 1.807) is 0 Å². The highest BCUT2D eigenvalue weighted by molar-refractivity contribution is 5.79. The zero-order valence-corrected chi connectivity index (χ0v) is 17.0. The Kier molecular flexibility index (Phi) is 6.90. The smallest absolute Gasteiger partial charge is 0.191 e. The third-order valence-corrected chi connectivity index (χ3v) is 5.33. The van der Waals surface area contributed by atoms with E-state index >= 15 is 0 Å². The fourth-order valence-corrected chi connectivity index (χ4v) is 3.53. The van der Waals surface area contributed by atoms with Gasteiger partial charge in [-0.1, -0.05) is 0 Å². The minimum Gasteiger partial charge on any atom is -0.373 e. The summed E-state index contributed by atoms with van der Waals surface area (Å²) in [5.74, 6) is 1.90. The van der Waals surface area contributed by atoms with Gasteiger partial charge in [-0.2, -0.15) is 0 Å². The topological polar surface area (TPSA) is 65.0 Å². The standard InChI is InChI=1S/C20H34N6O/c1-4-21-19(24-16-20(2)7-5-13-27-20)23-15-17-6-8-22-18(14-17)26-11-9-25(3)10-12-26/h6,8,14H,4-5,7,9-13,15-16H2,1-3H3,(H2,21,23,24). The van der Waals surface area contributed by atoms with E-state index in [-0.39, 0.29) is 5.60 Å². The van der Waals surface area contributed by atoms with Crippen LogP contribution in [0.2, 0.25) is 0 Å². The third kappa shape index (κ3) is 5.81. The van der Waals surface area contributed by atoms with E-state index in [0.29, 0.717) is 6.54 Å². The van der Waals surface area contributed by atoms with Crippen LogP contribution in [-0.4, -0.2) is 74.4 Å². The number of ether oxygens (including phenoxy) is 1. The second kappa shape index (κ2) is 9.37. The molecule has 0 radical (unpaired) electrons. The first-order chi connectivity index (χ1) is 13.1. The van der Waals surface area contributed by atoms with Gasteiger partial charge in [0.25, 0.3) is 0 Å². The lowest BCUT2D eigenvalue weighted by molar-refractivity contribution is 0.0243. The van der Waals surface area contributed by atoms with Gasteiger partial charge >= 0.3 is 0 Å². The maximum absolute atomic E-state index is 5.86. The van der Waals surface area contributed by atoms with Crippen LogP contribution < -0.4 is 15.5 Å². The van der Waals surface area contributed by atoms with Gasteiger partial charge < -0.3 is 25.2 Å². The monoisotopic (exact) mass is 374 g/mol. The molecule has 150 valence electrons. The summed E-state index contributed by atoms with van der Waals surface area (Å²) in [5, 5.41) is 6.77. The number of nitrogens with zero attached hydrogens (tertiary/aromatic N) is 4. The largest absolute Gasteiger partial charge is 0.373 e. The molecule has 27 heavy (non-hydrogen) atoms. The lowest BCUT2D eigenvalue weighted by atomic mass is 10.0. The predicted octanol–water partition coefficient (Wildman–Crippen LogP) is 1.46. The van der Waals surface area contributed by atoms with E-state index in [0.717, 1.165) is 70.5 Å². The molecule has 7 nitrogen and oxygen atoms in total. The van der Waals surface area contributed by atoms with Crippen LogP contribution >= 0.6 is 0 Å². The van der Waals surface area contributed by atoms with Gasteiger partial charge in [0.1, 0.15) is 5.82 Å². The molecule has 1 aromatic heterocycles. The highest BCUT2D eigenvalue weighted by Gasteiger charge is 2.29. The molecule has 0 saturated carbocycles. The summed E-state index contributed by atoms with van der Waals surface area (Å²) in [6.45, 7) is 11.6. The molecule has 2 aliphatic rings. The van der Waals surface area contributed by atoms with Crippen LogP contribution in [0.1, 0.15) is 32.3 Å². The first-order valence-electron chi connectivity index (χ1n) is 10.1. The van der Waals surface area contributed by atoms with Crippen LogP contribution in [0, 0.1) is 0 Å². The van der Waals surface area contributed by atoms with E-state index in [1.165, 1.54) is 5.56 Å². The number of hydrogen-bond donors (Lipinski definition) is 2. The van der Waals surface area contributed by atoms with E-state index in [1.807, 2.05) is 12.3 Å². The summed E-state index contributed by atoms with van der Waals surface area (Å²) < 4.78 is 5.86. The average molecular weight is 375 g/mol. The highest BCUT2D eigenvalue weighted by atomic mass is 16.5. The summed E-state index contributed by atoms with van der Waals surface area (Å²) in [4.78, 5) is 14.0. The van der Waals surface area contributed by atoms with Crippen LogP contribution in [-0.2, 0) is 11.3 Å². The number of aromatic nitrogens is 1. The van der Waals surface area contributed by atoms with Crippen molar-refractivity contribution in [2.75, 3.05) is 57.8 Å². The summed E-state index contributed by atoms with van der Waals surface area (Å²) in [6, 6.07) is 4.22. The Hall–Kier alpha value is -1.86. The van der Waals surface area contributed by atoms with Crippen molar-refractivity contribution in [2.45, 2.75) is 38.8 Å². The molecule has 2 fully saturated rings. The maximum Gasteiger partial charge on any atom is 0.191 e. The van der Waals surface area contributed by atoms with Gasteiger partial charge in [-0.3, -0.25) is 0 Å². The lowest BCUT2D eigenvalue weighted by Gasteiger charge is -2.33. The highest BCUT2D eigenvalue weighted by Crippen LogP contribution is 2.23. The molecule has 2 aliphatic heterocycles. The van der Waals surface area contributed by atoms with Crippen molar-refractivity contribution in [3.63, 3.8) is 0 Å². The molecule has 0 bridgehead atoms. The van der Waals surface area contributed by atoms with Crippen molar-refractivity contribution in [2.24, 2.45) is 4.99 Å². The molecular weight excluding hydrogens is 340 g/mol. The molecule has 1 unspecified atom stereocenters. The Morgan fingerprint density at radius 1 is 1.30 bits per heavy atom. The molecule has 1 atom stereocenters. The Morgan fingerprint density at radius 2 is 2.11 bits per heavy atom. The fraction of sp³-hybridized carbons (Fsp3) is 0.700. The molecule has 7 heteroatoms. The number of guanidine groups is 1. The fourth-order valence-electron chi connectivity index (χ4n) is 3.53. The number of piperazine rings is 1. The molecular formula is C20H34N6O. The third-order valence-electron chi connectivity index (χ3n) is 5.33. The molecule has 0 spiro atoms. The van der Waals surface area contributed by atoms with E-state index < -0.39 is 0 Å². The minimum atomic E-state index is -0.0819. The van der Waals surface area contributed by atoms with Gasteiger partial charge in [-0.15, -0.1) is 0 Å². The zero-order chi connectivity index (χ0) is 19.1. The molecule has 3 heterocycles. The minimum absolute atomic E-state index is 0.0819. The van der Waals surface area contributed by atoms with Gasteiger partial charge in [0.15, 0.2) is 5.96 Å². The number of hydrogen-bond acceptors (Lipinski definition) is 5. The van der Waals surface area contributed by atoms with Crippen molar-refractivity contribution in [1.82, 2.24) is 20.5 Å². The number of rotatable bonds is 6. The molecule has 0 amide bonds. The second-order valence-electron chi connectivity index (χ2n) is 7.76. The van der Waals surface area contributed by atoms with Crippen LogP contribution in [0.5, 0.6) is 0 Å². The van der Waals surface area contributed by atoms with Crippen LogP contribution in [0.25, 0.3) is 0 Å². The van der Waals surface area contributed by atoms with Gasteiger partial charge in [0, 0.05) is 52.1 Å². The predicted molar refractivity (Wildman–Crippen MR) is 110 cm³/mol. The quantitative estimate of drug-likeness (QED) is 0.581. The summed E-state index contributed by atoms with van der Waals surface area (Å²) in [7, 11) is 2.17. The molecule has 1 aromatic rings. The van der Waals surface area contributed by atoms with Gasteiger partial charge in [-0.05, 0) is 51.4 Å². The van der Waals surface area contributed by atoms with Crippen LogP contribution in [0.4, 0.5) is 5.82 Å². The number of likely N-dealkylation sites (N-methyl/N-ethyl adjacent to an activating group) is 1. The Labute approximate surface area is 163 Å². The van der Waals surface area contributed by atoms with E-state index in [4.69, 9.17) is 9.73 Å². The SMILES string of the molecule is CCNC(=NCc1ccnc(N2CCN(C)CC2)c1)NCC1(C)CCCO1.